The van der Waals surface area contributed by atoms with Crippen molar-refractivity contribution in [3.05, 3.63) is 0 Å². The lowest BCUT2D eigenvalue weighted by Crippen LogP contribution is -2.64. The van der Waals surface area contributed by atoms with E-state index in [1.54, 1.807) is 0 Å². The SMILES string of the molecule is CO[C@H]1O[C@H](CO)[C@H](O)[C@@H](O)[C@@H]1NC(C)=O. The van der Waals surface area contributed by atoms with Crippen LogP contribution in [0.15, 0.2) is 0 Å². The van der Waals surface area contributed by atoms with Crippen molar-refractivity contribution in [2.45, 2.75) is 37.6 Å². The van der Waals surface area contributed by atoms with Crippen LogP contribution in [0.4, 0.5) is 0 Å². The second-order valence-electron chi connectivity index (χ2n) is 3.67. The van der Waals surface area contributed by atoms with E-state index in [2.05, 4.69) is 5.32 Å². The number of aliphatic hydroxyl groups is 3. The van der Waals surface area contributed by atoms with Crippen LogP contribution in [0.3, 0.4) is 0 Å². The van der Waals surface area contributed by atoms with Gasteiger partial charge in [0, 0.05) is 14.0 Å². The van der Waals surface area contributed by atoms with Gasteiger partial charge in [-0.05, 0) is 0 Å². The van der Waals surface area contributed by atoms with Gasteiger partial charge in [-0.1, -0.05) is 0 Å². The molecule has 1 aliphatic heterocycles. The van der Waals surface area contributed by atoms with Crippen LogP contribution in [0, 0.1) is 0 Å². The molecule has 7 nitrogen and oxygen atoms in total. The summed E-state index contributed by atoms with van der Waals surface area (Å²) in [6.45, 7) is 0.842. The van der Waals surface area contributed by atoms with Crippen LogP contribution in [0.5, 0.6) is 0 Å². The molecular formula is C9H17NO6. The van der Waals surface area contributed by atoms with E-state index in [1.165, 1.54) is 14.0 Å². The second-order valence-corrected chi connectivity index (χ2v) is 3.67. The van der Waals surface area contributed by atoms with Gasteiger partial charge in [-0.25, -0.2) is 0 Å². The summed E-state index contributed by atoms with van der Waals surface area (Å²) in [5.41, 5.74) is 0. The third-order valence-electron chi connectivity index (χ3n) is 2.48. The highest BCUT2D eigenvalue weighted by molar-refractivity contribution is 5.73. The van der Waals surface area contributed by atoms with Gasteiger partial charge in [0.1, 0.15) is 24.4 Å². The first kappa shape index (κ1) is 13.3. The van der Waals surface area contributed by atoms with Crippen LogP contribution >= 0.6 is 0 Å². The molecule has 4 N–H and O–H groups in total. The molecule has 5 atom stereocenters. The van der Waals surface area contributed by atoms with E-state index in [-0.39, 0.29) is 5.91 Å². The number of hydrogen-bond acceptors (Lipinski definition) is 6. The van der Waals surface area contributed by atoms with Crippen molar-refractivity contribution in [2.75, 3.05) is 13.7 Å². The number of rotatable bonds is 3. The highest BCUT2D eigenvalue weighted by Gasteiger charge is 2.44. The van der Waals surface area contributed by atoms with Gasteiger partial charge in [-0.15, -0.1) is 0 Å². The molecule has 1 rings (SSSR count). The Morgan fingerprint density at radius 1 is 1.44 bits per heavy atom. The highest BCUT2D eigenvalue weighted by Crippen LogP contribution is 2.21. The molecule has 0 spiro atoms. The van der Waals surface area contributed by atoms with Gasteiger partial charge in [0.2, 0.25) is 5.91 Å². The third kappa shape index (κ3) is 2.69. The number of nitrogens with one attached hydrogen (secondary N) is 1. The van der Waals surface area contributed by atoms with E-state index in [4.69, 9.17) is 14.6 Å². The lowest BCUT2D eigenvalue weighted by atomic mass is 9.97. The number of hydrogen-bond donors (Lipinski definition) is 4. The molecule has 1 saturated heterocycles. The van der Waals surface area contributed by atoms with Crippen molar-refractivity contribution in [2.24, 2.45) is 0 Å². The van der Waals surface area contributed by atoms with Gasteiger partial charge in [0.15, 0.2) is 6.29 Å². The smallest absolute Gasteiger partial charge is 0.217 e. The summed E-state index contributed by atoms with van der Waals surface area (Å²) >= 11 is 0. The number of carbonyl (C=O) groups excluding carboxylic acids is 1. The van der Waals surface area contributed by atoms with Crippen LogP contribution in [0.25, 0.3) is 0 Å². The lowest BCUT2D eigenvalue weighted by molar-refractivity contribution is -0.262. The summed E-state index contributed by atoms with van der Waals surface area (Å²) < 4.78 is 10.1. The molecule has 16 heavy (non-hydrogen) atoms. The van der Waals surface area contributed by atoms with Crippen molar-refractivity contribution in [1.29, 1.82) is 0 Å². The summed E-state index contributed by atoms with van der Waals surface area (Å²) in [4.78, 5) is 10.9. The minimum Gasteiger partial charge on any atom is -0.394 e. The Morgan fingerprint density at radius 3 is 2.50 bits per heavy atom. The lowest BCUT2D eigenvalue weighted by Gasteiger charge is -2.41. The van der Waals surface area contributed by atoms with Gasteiger partial charge in [-0.3, -0.25) is 4.79 Å². The molecule has 0 unspecified atom stereocenters. The van der Waals surface area contributed by atoms with Crippen molar-refractivity contribution in [3.63, 3.8) is 0 Å². The first-order chi connectivity index (χ1) is 7.51. The molecule has 7 heteroatoms. The van der Waals surface area contributed by atoms with Crippen molar-refractivity contribution < 1.29 is 29.6 Å². The normalized spacial score (nSPS) is 39.4. The molecule has 0 bridgehead atoms. The molecule has 1 heterocycles. The largest absolute Gasteiger partial charge is 0.394 e. The first-order valence-corrected chi connectivity index (χ1v) is 4.93. The van der Waals surface area contributed by atoms with Crippen LogP contribution in [-0.2, 0) is 14.3 Å². The van der Waals surface area contributed by atoms with E-state index in [1.807, 2.05) is 0 Å². The van der Waals surface area contributed by atoms with Gasteiger partial charge >= 0.3 is 0 Å². The molecule has 94 valence electrons. The molecular weight excluding hydrogens is 218 g/mol. The van der Waals surface area contributed by atoms with Gasteiger partial charge < -0.3 is 30.1 Å². The Hall–Kier alpha value is -0.730. The summed E-state index contributed by atoms with van der Waals surface area (Å²) in [7, 11) is 1.35. The Kier molecular flexibility index (Phi) is 4.63. The molecule has 0 aliphatic carbocycles. The molecule has 1 aliphatic rings. The highest BCUT2D eigenvalue weighted by atomic mass is 16.7. The minimum absolute atomic E-state index is 0.371. The van der Waals surface area contributed by atoms with Crippen LogP contribution in [0.1, 0.15) is 6.92 Å². The molecule has 0 aromatic carbocycles. The zero-order valence-corrected chi connectivity index (χ0v) is 9.16. The van der Waals surface area contributed by atoms with E-state index in [0.717, 1.165) is 0 Å². The number of amides is 1. The summed E-state index contributed by atoms with van der Waals surface area (Å²) in [6.07, 6.45) is -4.35. The average Bonchev–Trinajstić information content (AvgIpc) is 2.25. The maximum Gasteiger partial charge on any atom is 0.217 e. The number of carbonyl (C=O) groups is 1. The van der Waals surface area contributed by atoms with Gasteiger partial charge in [0.05, 0.1) is 6.61 Å². The number of methoxy groups -OCH3 is 1. The van der Waals surface area contributed by atoms with Crippen LogP contribution in [-0.4, -0.2) is 65.6 Å². The Labute approximate surface area is 93.0 Å². The monoisotopic (exact) mass is 235 g/mol. The fourth-order valence-electron chi connectivity index (χ4n) is 1.67. The summed E-state index contributed by atoms with van der Waals surface area (Å²) in [5.74, 6) is -0.371. The fraction of sp³-hybridized carbons (Fsp3) is 0.889. The molecule has 1 amide bonds. The standard InChI is InChI=1S/C9H17NO6/c1-4(12)10-6-8(14)7(13)5(3-11)16-9(6)15-2/h5-9,11,13-14H,3H2,1-2H3,(H,10,12)/t5-,6+,7+,8+,9+/m1/s1. The Balaban J connectivity index is 2.77. The maximum absolute atomic E-state index is 10.9. The molecule has 0 aromatic rings. The topological polar surface area (TPSA) is 108 Å². The van der Waals surface area contributed by atoms with E-state index < -0.39 is 37.3 Å². The van der Waals surface area contributed by atoms with Crippen LogP contribution < -0.4 is 5.32 Å². The van der Waals surface area contributed by atoms with Crippen molar-refractivity contribution >= 4 is 5.91 Å². The second kappa shape index (κ2) is 5.55. The predicted molar refractivity (Wildman–Crippen MR) is 52.4 cm³/mol. The quantitative estimate of drug-likeness (QED) is 0.433. The zero-order chi connectivity index (χ0) is 12.3. The zero-order valence-electron chi connectivity index (χ0n) is 9.16. The number of aliphatic hydroxyl groups excluding tert-OH is 3. The van der Waals surface area contributed by atoms with Gasteiger partial charge in [0.25, 0.3) is 0 Å². The minimum atomic E-state index is -1.27. The molecule has 1 fully saturated rings. The van der Waals surface area contributed by atoms with Crippen LogP contribution in [0.2, 0.25) is 0 Å². The Morgan fingerprint density at radius 2 is 2.06 bits per heavy atom. The van der Waals surface area contributed by atoms with Crippen molar-refractivity contribution in [3.8, 4) is 0 Å². The van der Waals surface area contributed by atoms with E-state index in [0.29, 0.717) is 0 Å². The molecule has 0 radical (unpaired) electrons. The Bertz CT molecular complexity index is 246. The molecule has 0 aromatic heterocycles. The molecule has 0 saturated carbocycles. The number of ether oxygens (including phenoxy) is 2. The average molecular weight is 235 g/mol. The summed E-state index contributed by atoms with van der Waals surface area (Å²) in [5, 5.41) is 30.7. The summed E-state index contributed by atoms with van der Waals surface area (Å²) in [6, 6.07) is -0.861. The maximum atomic E-state index is 10.9. The van der Waals surface area contributed by atoms with E-state index >= 15 is 0 Å². The van der Waals surface area contributed by atoms with Gasteiger partial charge in [-0.2, -0.15) is 0 Å². The van der Waals surface area contributed by atoms with Crippen molar-refractivity contribution in [1.82, 2.24) is 5.32 Å². The van der Waals surface area contributed by atoms with E-state index in [9.17, 15) is 15.0 Å². The fourth-order valence-corrected chi connectivity index (χ4v) is 1.67. The third-order valence-corrected chi connectivity index (χ3v) is 2.48. The predicted octanol–water partition coefficient (Wildman–Crippen LogP) is -2.42. The first-order valence-electron chi connectivity index (χ1n) is 4.93.